The number of rotatable bonds is 8. The van der Waals surface area contributed by atoms with Gasteiger partial charge in [0.25, 0.3) is 0 Å². The van der Waals surface area contributed by atoms with Crippen molar-refractivity contribution in [3.05, 3.63) is 48.0 Å². The number of aromatic nitrogens is 2. The number of imidazole rings is 1. The first kappa shape index (κ1) is 18.8. The van der Waals surface area contributed by atoms with Crippen LogP contribution in [0.3, 0.4) is 0 Å². The van der Waals surface area contributed by atoms with Gasteiger partial charge >= 0.3 is 6.03 Å². The van der Waals surface area contributed by atoms with Gasteiger partial charge in [0.2, 0.25) is 0 Å². The van der Waals surface area contributed by atoms with E-state index in [4.69, 9.17) is 4.74 Å². The Morgan fingerprint density at radius 1 is 1.32 bits per heavy atom. The Morgan fingerprint density at radius 2 is 2.04 bits per heavy atom. The van der Waals surface area contributed by atoms with Crippen LogP contribution in [-0.2, 0) is 13.6 Å². The van der Waals surface area contributed by atoms with Crippen molar-refractivity contribution in [1.29, 1.82) is 0 Å². The highest BCUT2D eigenvalue weighted by atomic mass is 16.5. The lowest BCUT2D eigenvalue weighted by molar-refractivity contribution is 0.190. The zero-order valence-corrected chi connectivity index (χ0v) is 15.5. The van der Waals surface area contributed by atoms with Crippen LogP contribution in [0.15, 0.2) is 36.7 Å². The smallest absolute Gasteiger partial charge is 0.318 e. The van der Waals surface area contributed by atoms with Gasteiger partial charge in [-0.15, -0.1) is 0 Å². The van der Waals surface area contributed by atoms with E-state index in [0.29, 0.717) is 19.7 Å². The van der Waals surface area contributed by atoms with Gasteiger partial charge < -0.3 is 19.5 Å². The second-order valence-electron chi connectivity index (χ2n) is 6.05. The fraction of sp³-hybridized carbons (Fsp3) is 0.474. The van der Waals surface area contributed by atoms with E-state index in [1.165, 1.54) is 0 Å². The fourth-order valence-corrected chi connectivity index (χ4v) is 2.62. The molecule has 136 valence electrons. The summed E-state index contributed by atoms with van der Waals surface area (Å²) in [7, 11) is 1.94. The van der Waals surface area contributed by atoms with Crippen molar-refractivity contribution in [1.82, 2.24) is 19.8 Å². The zero-order chi connectivity index (χ0) is 18.2. The number of hydrogen-bond acceptors (Lipinski definition) is 3. The Hall–Kier alpha value is -2.50. The van der Waals surface area contributed by atoms with Crippen LogP contribution >= 0.6 is 0 Å². The van der Waals surface area contributed by atoms with E-state index >= 15 is 0 Å². The molecule has 0 fully saturated rings. The molecule has 0 unspecified atom stereocenters. The second kappa shape index (κ2) is 9.11. The number of nitrogens with one attached hydrogen (secondary N) is 1. The Labute approximate surface area is 149 Å². The first-order chi connectivity index (χ1) is 12.0. The molecule has 2 amide bonds. The summed E-state index contributed by atoms with van der Waals surface area (Å²) in [5, 5.41) is 3.07. The highest BCUT2D eigenvalue weighted by Crippen LogP contribution is 2.18. The molecule has 0 radical (unpaired) electrons. The average Bonchev–Trinajstić information content (AvgIpc) is 3.00. The van der Waals surface area contributed by atoms with Crippen LogP contribution in [0.25, 0.3) is 0 Å². The van der Waals surface area contributed by atoms with Crippen LogP contribution in [0, 0.1) is 0 Å². The molecule has 2 rings (SSSR count). The summed E-state index contributed by atoms with van der Waals surface area (Å²) >= 11 is 0. The van der Waals surface area contributed by atoms with Crippen molar-refractivity contribution < 1.29 is 9.53 Å². The molecule has 1 aromatic heterocycles. The van der Waals surface area contributed by atoms with E-state index in [0.717, 1.165) is 23.6 Å². The van der Waals surface area contributed by atoms with Crippen molar-refractivity contribution in [2.24, 2.45) is 7.05 Å². The second-order valence-corrected chi connectivity index (χ2v) is 6.05. The Kier molecular flexibility index (Phi) is 6.86. The third-order valence-corrected chi connectivity index (χ3v) is 4.07. The van der Waals surface area contributed by atoms with Gasteiger partial charge in [-0.1, -0.05) is 19.1 Å². The maximum Gasteiger partial charge on any atom is 0.318 e. The third-order valence-electron chi connectivity index (χ3n) is 4.07. The standard InChI is InChI=1S/C19H28N4O2/c1-5-12-23(14-18-20-11-13-22(18)4)19(24)21-15(3)16-7-9-17(10-8-16)25-6-2/h7-11,13,15H,5-6,12,14H2,1-4H3,(H,21,24)/t15-/m0/s1. The Morgan fingerprint density at radius 3 is 2.60 bits per heavy atom. The fourth-order valence-electron chi connectivity index (χ4n) is 2.62. The highest BCUT2D eigenvalue weighted by molar-refractivity contribution is 5.74. The molecule has 0 spiro atoms. The van der Waals surface area contributed by atoms with E-state index in [1.807, 2.05) is 55.9 Å². The summed E-state index contributed by atoms with van der Waals surface area (Å²) in [4.78, 5) is 18.8. The van der Waals surface area contributed by atoms with Crippen molar-refractivity contribution in [2.75, 3.05) is 13.2 Å². The lowest BCUT2D eigenvalue weighted by Crippen LogP contribution is -2.41. The molecule has 2 aromatic rings. The molecule has 0 saturated heterocycles. The lowest BCUT2D eigenvalue weighted by Gasteiger charge is -2.25. The number of benzene rings is 1. The van der Waals surface area contributed by atoms with Crippen LogP contribution in [0.1, 0.15) is 44.6 Å². The van der Waals surface area contributed by atoms with Crippen molar-refractivity contribution >= 4 is 6.03 Å². The summed E-state index contributed by atoms with van der Waals surface area (Å²) in [5.74, 6) is 1.71. The van der Waals surface area contributed by atoms with E-state index in [-0.39, 0.29) is 12.1 Å². The summed E-state index contributed by atoms with van der Waals surface area (Å²) in [5.41, 5.74) is 1.05. The predicted molar refractivity (Wildman–Crippen MR) is 98.5 cm³/mol. The number of nitrogens with zero attached hydrogens (tertiary/aromatic N) is 3. The molecule has 1 atom stereocenters. The third kappa shape index (κ3) is 5.24. The maximum atomic E-state index is 12.7. The number of carbonyl (C=O) groups excluding carboxylic acids is 1. The number of carbonyl (C=O) groups is 1. The van der Waals surface area contributed by atoms with Crippen LogP contribution < -0.4 is 10.1 Å². The van der Waals surface area contributed by atoms with E-state index in [9.17, 15) is 4.79 Å². The molecule has 1 heterocycles. The van der Waals surface area contributed by atoms with Gasteiger partial charge in [0, 0.05) is 26.0 Å². The summed E-state index contributed by atoms with van der Waals surface area (Å²) in [6.45, 7) is 7.84. The van der Waals surface area contributed by atoms with Gasteiger partial charge in [-0.2, -0.15) is 0 Å². The molecule has 0 saturated carbocycles. The number of hydrogen-bond donors (Lipinski definition) is 1. The van der Waals surface area contributed by atoms with E-state index in [1.54, 1.807) is 11.1 Å². The van der Waals surface area contributed by atoms with Crippen LogP contribution in [0.5, 0.6) is 5.75 Å². The largest absolute Gasteiger partial charge is 0.494 e. The summed E-state index contributed by atoms with van der Waals surface area (Å²) < 4.78 is 7.39. The summed E-state index contributed by atoms with van der Waals surface area (Å²) in [6, 6.07) is 7.67. The minimum absolute atomic E-state index is 0.0776. The Balaban J connectivity index is 2.00. The van der Waals surface area contributed by atoms with Crippen molar-refractivity contribution in [3.8, 4) is 5.75 Å². The topological polar surface area (TPSA) is 59.4 Å². The molecule has 6 heteroatoms. The van der Waals surface area contributed by atoms with E-state index in [2.05, 4.69) is 17.2 Å². The first-order valence-corrected chi connectivity index (χ1v) is 8.79. The molecule has 6 nitrogen and oxygen atoms in total. The van der Waals surface area contributed by atoms with Crippen LogP contribution in [-0.4, -0.2) is 33.6 Å². The number of aryl methyl sites for hydroxylation is 1. The van der Waals surface area contributed by atoms with Gasteiger partial charge in [0.1, 0.15) is 11.6 Å². The molecule has 1 N–H and O–H groups in total. The number of amides is 2. The molecular formula is C19H28N4O2. The lowest BCUT2D eigenvalue weighted by atomic mass is 10.1. The molecule has 25 heavy (non-hydrogen) atoms. The molecule has 0 aliphatic heterocycles. The van der Waals surface area contributed by atoms with Gasteiger partial charge in [-0.3, -0.25) is 0 Å². The molecular weight excluding hydrogens is 316 g/mol. The average molecular weight is 344 g/mol. The molecule has 0 aliphatic rings. The van der Waals surface area contributed by atoms with Gasteiger partial charge in [0.05, 0.1) is 19.2 Å². The zero-order valence-electron chi connectivity index (χ0n) is 15.5. The molecule has 1 aromatic carbocycles. The van der Waals surface area contributed by atoms with Gasteiger partial charge in [-0.05, 0) is 38.0 Å². The van der Waals surface area contributed by atoms with Crippen molar-refractivity contribution in [3.63, 3.8) is 0 Å². The molecule has 0 bridgehead atoms. The van der Waals surface area contributed by atoms with Gasteiger partial charge in [-0.25, -0.2) is 9.78 Å². The monoisotopic (exact) mass is 344 g/mol. The maximum absolute atomic E-state index is 12.7. The van der Waals surface area contributed by atoms with Crippen LogP contribution in [0.2, 0.25) is 0 Å². The Bertz CT molecular complexity index is 666. The van der Waals surface area contributed by atoms with Crippen molar-refractivity contribution in [2.45, 2.75) is 39.8 Å². The normalized spacial score (nSPS) is 11.8. The summed E-state index contributed by atoms with van der Waals surface area (Å²) in [6.07, 6.45) is 4.54. The van der Waals surface area contributed by atoms with Crippen LogP contribution in [0.4, 0.5) is 4.79 Å². The highest BCUT2D eigenvalue weighted by Gasteiger charge is 2.18. The first-order valence-electron chi connectivity index (χ1n) is 8.79. The number of urea groups is 1. The predicted octanol–water partition coefficient (Wildman–Crippen LogP) is 3.50. The SMILES string of the molecule is CCCN(Cc1nccn1C)C(=O)N[C@@H](C)c1ccc(OCC)cc1. The quantitative estimate of drug-likeness (QED) is 0.797. The van der Waals surface area contributed by atoms with E-state index < -0.39 is 0 Å². The molecule has 0 aliphatic carbocycles. The number of ether oxygens (including phenoxy) is 1. The minimum atomic E-state index is -0.0797. The minimum Gasteiger partial charge on any atom is -0.494 e. The van der Waals surface area contributed by atoms with Gasteiger partial charge in [0.15, 0.2) is 0 Å².